The molecule has 7 nitrogen and oxygen atoms in total. The summed E-state index contributed by atoms with van der Waals surface area (Å²) in [7, 11) is 0. The van der Waals surface area contributed by atoms with Crippen LogP contribution in [-0.2, 0) is 9.53 Å². The summed E-state index contributed by atoms with van der Waals surface area (Å²) in [6.07, 6.45) is 1.45. The Hall–Kier alpha value is -2.54. The summed E-state index contributed by atoms with van der Waals surface area (Å²) in [6.45, 7) is 4.72. The SMILES string of the molecule is CC(NC(=O)N1CCN(C(=O)C2CCCO2)CC1)c1cc2ccccc2o1. The zero-order valence-electron chi connectivity index (χ0n) is 15.5. The summed E-state index contributed by atoms with van der Waals surface area (Å²) in [5.41, 5.74) is 0.815. The van der Waals surface area contributed by atoms with Crippen molar-refractivity contribution in [2.45, 2.75) is 31.9 Å². The average Bonchev–Trinajstić information content (AvgIpc) is 3.37. The van der Waals surface area contributed by atoms with Crippen molar-refractivity contribution in [2.24, 2.45) is 0 Å². The number of ether oxygens (including phenoxy) is 1. The second-order valence-electron chi connectivity index (χ2n) is 7.17. The molecule has 2 fully saturated rings. The molecule has 27 heavy (non-hydrogen) atoms. The number of carbonyl (C=O) groups excluding carboxylic acids is 2. The monoisotopic (exact) mass is 371 g/mol. The third-order valence-electron chi connectivity index (χ3n) is 5.30. The van der Waals surface area contributed by atoms with E-state index in [1.54, 1.807) is 4.90 Å². The number of nitrogens with zero attached hydrogens (tertiary/aromatic N) is 2. The van der Waals surface area contributed by atoms with Crippen LogP contribution in [0.5, 0.6) is 0 Å². The summed E-state index contributed by atoms with van der Waals surface area (Å²) in [4.78, 5) is 28.5. The van der Waals surface area contributed by atoms with E-state index in [-0.39, 0.29) is 24.1 Å². The predicted molar refractivity (Wildman–Crippen MR) is 100 cm³/mol. The Balaban J connectivity index is 1.30. The van der Waals surface area contributed by atoms with Crippen molar-refractivity contribution in [3.8, 4) is 0 Å². The molecule has 2 aliphatic heterocycles. The number of piperazine rings is 1. The first kappa shape index (κ1) is 17.9. The quantitative estimate of drug-likeness (QED) is 0.900. The summed E-state index contributed by atoms with van der Waals surface area (Å²) >= 11 is 0. The number of rotatable bonds is 3. The van der Waals surface area contributed by atoms with Gasteiger partial charge in [-0.1, -0.05) is 18.2 Å². The van der Waals surface area contributed by atoms with Crippen LogP contribution in [-0.4, -0.2) is 60.6 Å². The molecule has 0 spiro atoms. The normalized spacial score (nSPS) is 21.4. The summed E-state index contributed by atoms with van der Waals surface area (Å²) in [5.74, 6) is 0.792. The van der Waals surface area contributed by atoms with E-state index in [1.165, 1.54) is 0 Å². The molecule has 2 saturated heterocycles. The van der Waals surface area contributed by atoms with Gasteiger partial charge in [0.2, 0.25) is 0 Å². The van der Waals surface area contributed by atoms with Crippen molar-refractivity contribution in [1.29, 1.82) is 0 Å². The number of benzene rings is 1. The van der Waals surface area contributed by atoms with Gasteiger partial charge in [-0.2, -0.15) is 0 Å². The number of hydrogen-bond acceptors (Lipinski definition) is 4. The van der Waals surface area contributed by atoms with Crippen molar-refractivity contribution in [2.75, 3.05) is 32.8 Å². The van der Waals surface area contributed by atoms with E-state index in [2.05, 4.69) is 5.32 Å². The lowest BCUT2D eigenvalue weighted by molar-refractivity contribution is -0.142. The van der Waals surface area contributed by atoms with Gasteiger partial charge >= 0.3 is 6.03 Å². The van der Waals surface area contributed by atoms with Gasteiger partial charge in [-0.15, -0.1) is 0 Å². The van der Waals surface area contributed by atoms with Gasteiger partial charge in [0.05, 0.1) is 6.04 Å². The lowest BCUT2D eigenvalue weighted by atomic mass is 10.2. The smallest absolute Gasteiger partial charge is 0.318 e. The third kappa shape index (κ3) is 3.78. The standard InChI is InChI=1S/C20H25N3O4/c1-14(18-13-15-5-2-3-6-16(15)27-18)21-20(25)23-10-8-22(9-11-23)19(24)17-7-4-12-26-17/h2-3,5-6,13-14,17H,4,7-12H2,1H3,(H,21,25). The van der Waals surface area contributed by atoms with Gasteiger partial charge in [0.1, 0.15) is 17.4 Å². The van der Waals surface area contributed by atoms with E-state index in [1.807, 2.05) is 42.2 Å². The van der Waals surface area contributed by atoms with Crippen LogP contribution in [0, 0.1) is 0 Å². The number of para-hydroxylation sites is 1. The lowest BCUT2D eigenvalue weighted by Gasteiger charge is -2.36. The summed E-state index contributed by atoms with van der Waals surface area (Å²) in [6, 6.07) is 9.39. The maximum atomic E-state index is 12.6. The third-order valence-corrected chi connectivity index (χ3v) is 5.30. The van der Waals surface area contributed by atoms with Gasteiger partial charge in [-0.05, 0) is 31.9 Å². The van der Waals surface area contributed by atoms with Crippen LogP contribution in [0.2, 0.25) is 0 Å². The molecular formula is C20H25N3O4. The fourth-order valence-corrected chi connectivity index (χ4v) is 3.67. The molecule has 2 aromatic rings. The maximum absolute atomic E-state index is 12.6. The minimum absolute atomic E-state index is 0.0585. The molecular weight excluding hydrogens is 346 g/mol. The van der Waals surface area contributed by atoms with Crippen molar-refractivity contribution >= 4 is 22.9 Å². The Morgan fingerprint density at radius 2 is 1.89 bits per heavy atom. The number of hydrogen-bond donors (Lipinski definition) is 1. The Morgan fingerprint density at radius 1 is 1.15 bits per heavy atom. The van der Waals surface area contributed by atoms with E-state index in [0.717, 1.165) is 29.6 Å². The molecule has 2 aliphatic rings. The Labute approximate surface area is 158 Å². The number of nitrogens with one attached hydrogen (secondary N) is 1. The first-order valence-electron chi connectivity index (χ1n) is 9.56. The highest BCUT2D eigenvalue weighted by Gasteiger charge is 2.31. The van der Waals surface area contributed by atoms with Crippen LogP contribution in [0.4, 0.5) is 4.79 Å². The number of amides is 3. The van der Waals surface area contributed by atoms with Crippen LogP contribution >= 0.6 is 0 Å². The van der Waals surface area contributed by atoms with Gasteiger partial charge < -0.3 is 24.3 Å². The number of furan rings is 1. The molecule has 4 rings (SSSR count). The second-order valence-corrected chi connectivity index (χ2v) is 7.17. The molecule has 1 aromatic heterocycles. The molecule has 1 aromatic carbocycles. The highest BCUT2D eigenvalue weighted by molar-refractivity contribution is 5.82. The lowest BCUT2D eigenvalue weighted by Crippen LogP contribution is -2.55. The molecule has 2 unspecified atom stereocenters. The molecule has 3 heterocycles. The van der Waals surface area contributed by atoms with Crippen LogP contribution in [0.15, 0.2) is 34.7 Å². The minimum Gasteiger partial charge on any atom is -0.459 e. The fourth-order valence-electron chi connectivity index (χ4n) is 3.67. The molecule has 1 N–H and O–H groups in total. The minimum atomic E-state index is -0.293. The van der Waals surface area contributed by atoms with E-state index >= 15 is 0 Å². The first-order chi connectivity index (χ1) is 13.1. The molecule has 0 saturated carbocycles. The molecule has 2 atom stereocenters. The molecule has 7 heteroatoms. The highest BCUT2D eigenvalue weighted by Crippen LogP contribution is 2.24. The average molecular weight is 371 g/mol. The van der Waals surface area contributed by atoms with Gasteiger partial charge in [-0.3, -0.25) is 4.79 Å². The molecule has 0 bridgehead atoms. The predicted octanol–water partition coefficient (Wildman–Crippen LogP) is 2.53. The highest BCUT2D eigenvalue weighted by atomic mass is 16.5. The van der Waals surface area contributed by atoms with E-state index < -0.39 is 0 Å². The fraction of sp³-hybridized carbons (Fsp3) is 0.500. The van der Waals surface area contributed by atoms with E-state index in [9.17, 15) is 9.59 Å². The van der Waals surface area contributed by atoms with Crippen molar-refractivity contribution < 1.29 is 18.7 Å². The largest absolute Gasteiger partial charge is 0.459 e. The molecule has 144 valence electrons. The van der Waals surface area contributed by atoms with Crippen molar-refractivity contribution in [3.63, 3.8) is 0 Å². The Kier molecular flexibility index (Phi) is 5.03. The van der Waals surface area contributed by atoms with Crippen molar-refractivity contribution in [1.82, 2.24) is 15.1 Å². The first-order valence-corrected chi connectivity index (χ1v) is 9.56. The summed E-state index contributed by atoms with van der Waals surface area (Å²) < 4.78 is 11.3. The van der Waals surface area contributed by atoms with Crippen LogP contribution in [0.1, 0.15) is 31.6 Å². The number of urea groups is 1. The van der Waals surface area contributed by atoms with Gasteiger partial charge in [0, 0.05) is 38.2 Å². The van der Waals surface area contributed by atoms with E-state index in [4.69, 9.17) is 9.15 Å². The topological polar surface area (TPSA) is 75.0 Å². The van der Waals surface area contributed by atoms with Crippen LogP contribution in [0.3, 0.4) is 0 Å². The van der Waals surface area contributed by atoms with Crippen molar-refractivity contribution in [3.05, 3.63) is 36.1 Å². The zero-order chi connectivity index (χ0) is 18.8. The summed E-state index contributed by atoms with van der Waals surface area (Å²) in [5, 5.41) is 4.01. The molecule has 0 aliphatic carbocycles. The van der Waals surface area contributed by atoms with Crippen LogP contribution < -0.4 is 5.32 Å². The number of carbonyl (C=O) groups is 2. The van der Waals surface area contributed by atoms with E-state index in [0.29, 0.717) is 32.8 Å². The van der Waals surface area contributed by atoms with Gasteiger partial charge in [0.25, 0.3) is 5.91 Å². The molecule has 0 radical (unpaired) electrons. The zero-order valence-corrected chi connectivity index (χ0v) is 15.5. The van der Waals surface area contributed by atoms with Gasteiger partial charge in [0.15, 0.2) is 0 Å². The number of fused-ring (bicyclic) bond motifs is 1. The van der Waals surface area contributed by atoms with Crippen LogP contribution in [0.25, 0.3) is 11.0 Å². The maximum Gasteiger partial charge on any atom is 0.318 e. The Morgan fingerprint density at radius 3 is 2.59 bits per heavy atom. The Bertz CT molecular complexity index is 786. The second kappa shape index (κ2) is 7.60. The molecule has 3 amide bonds. The van der Waals surface area contributed by atoms with Gasteiger partial charge in [-0.25, -0.2) is 4.79 Å².